The molecule has 4 aromatic carbocycles. The molecule has 5 aromatic rings. The fourth-order valence-corrected chi connectivity index (χ4v) is 5.73. The predicted octanol–water partition coefficient (Wildman–Crippen LogP) is 6.72. The van der Waals surface area contributed by atoms with Gasteiger partial charge in [-0.1, -0.05) is 105 Å². The molecule has 0 unspecified atom stereocenters. The maximum atomic E-state index is 13.6. The van der Waals surface area contributed by atoms with Crippen molar-refractivity contribution in [3.63, 3.8) is 0 Å². The van der Waals surface area contributed by atoms with E-state index in [-0.39, 0.29) is 30.4 Å². The number of benzene rings is 4. The van der Waals surface area contributed by atoms with Crippen LogP contribution in [0, 0.1) is 0 Å². The van der Waals surface area contributed by atoms with Crippen LogP contribution in [0.25, 0.3) is 10.9 Å². The summed E-state index contributed by atoms with van der Waals surface area (Å²) in [7, 11) is 0. The van der Waals surface area contributed by atoms with Crippen LogP contribution >= 0.6 is 31.9 Å². The van der Waals surface area contributed by atoms with E-state index in [1.54, 1.807) is 6.21 Å². The van der Waals surface area contributed by atoms with Crippen molar-refractivity contribution in [1.29, 1.82) is 0 Å². The van der Waals surface area contributed by atoms with Crippen LogP contribution in [0.5, 0.6) is 0 Å². The molecule has 0 saturated carbocycles. The summed E-state index contributed by atoms with van der Waals surface area (Å²) in [4.78, 5) is 31.6. The van der Waals surface area contributed by atoms with Crippen LogP contribution in [0.2, 0.25) is 0 Å². The highest BCUT2D eigenvalue weighted by Crippen LogP contribution is 2.37. The lowest BCUT2D eigenvalue weighted by atomic mass is 9.91. The molecular weight excluding hydrogens is 658 g/mol. The van der Waals surface area contributed by atoms with Crippen molar-refractivity contribution in [2.75, 3.05) is 0 Å². The largest absolute Gasteiger partial charge is 0.341 e. The highest BCUT2D eigenvalue weighted by molar-refractivity contribution is 9.10. The number of fused-ring (bicyclic) bond motifs is 1. The third kappa shape index (κ3) is 5.98. The Morgan fingerprint density at radius 1 is 0.905 bits per heavy atom. The number of amides is 2. The van der Waals surface area contributed by atoms with E-state index in [9.17, 15) is 9.59 Å². The molecule has 9 heteroatoms. The van der Waals surface area contributed by atoms with Crippen LogP contribution < -0.4 is 10.7 Å². The van der Waals surface area contributed by atoms with Crippen molar-refractivity contribution in [1.82, 2.24) is 15.3 Å². The monoisotopic (exact) mass is 681 g/mol. The number of nitrogens with zero attached hydrogens (tertiary/aromatic N) is 3. The zero-order valence-corrected chi connectivity index (χ0v) is 25.4. The van der Waals surface area contributed by atoms with E-state index in [2.05, 4.69) is 47.7 Å². The average Bonchev–Trinajstić information content (AvgIpc) is 3.35. The zero-order chi connectivity index (χ0) is 29.1. The molecule has 6 rings (SSSR count). The first-order valence-corrected chi connectivity index (χ1v) is 14.9. The van der Waals surface area contributed by atoms with Gasteiger partial charge in [-0.25, -0.2) is 5.43 Å². The van der Waals surface area contributed by atoms with Crippen molar-refractivity contribution in [2.45, 2.75) is 18.6 Å². The van der Waals surface area contributed by atoms with E-state index in [0.29, 0.717) is 11.3 Å². The summed E-state index contributed by atoms with van der Waals surface area (Å²) in [6.07, 6.45) is 3.41. The third-order valence-electron chi connectivity index (χ3n) is 7.07. The molecule has 2 N–H and O–H groups in total. The van der Waals surface area contributed by atoms with Gasteiger partial charge in [0.2, 0.25) is 0 Å². The quantitative estimate of drug-likeness (QED) is 0.148. The molecule has 2 amide bonds. The van der Waals surface area contributed by atoms with Gasteiger partial charge in [-0.2, -0.15) is 5.10 Å². The highest BCUT2D eigenvalue weighted by atomic mass is 79.9. The summed E-state index contributed by atoms with van der Waals surface area (Å²) in [6, 6.07) is 32.6. The fraction of sp³-hybridized carbons (Fsp3) is 0.0909. The van der Waals surface area contributed by atoms with Crippen LogP contribution in [0.3, 0.4) is 0 Å². The molecule has 1 aliphatic heterocycles. The van der Waals surface area contributed by atoms with Crippen molar-refractivity contribution in [3.05, 3.63) is 141 Å². The Kier molecular flexibility index (Phi) is 8.12. The summed E-state index contributed by atoms with van der Waals surface area (Å²) < 4.78 is 3.64. The van der Waals surface area contributed by atoms with Gasteiger partial charge in [-0.05, 0) is 47.0 Å². The first-order valence-electron chi connectivity index (χ1n) is 13.3. The summed E-state index contributed by atoms with van der Waals surface area (Å²) in [5.41, 5.74) is 7.22. The fourth-order valence-electron chi connectivity index (χ4n) is 5.10. The van der Waals surface area contributed by atoms with Crippen molar-refractivity contribution >= 4 is 66.5 Å². The van der Waals surface area contributed by atoms with Gasteiger partial charge in [-0.3, -0.25) is 14.6 Å². The second-order valence-corrected chi connectivity index (χ2v) is 11.7. The van der Waals surface area contributed by atoms with Crippen LogP contribution in [0.4, 0.5) is 0 Å². The van der Waals surface area contributed by atoms with E-state index < -0.39 is 0 Å². The predicted molar refractivity (Wildman–Crippen MR) is 173 cm³/mol. The second-order valence-electron chi connectivity index (χ2n) is 9.87. The van der Waals surface area contributed by atoms with Gasteiger partial charge in [0, 0.05) is 31.6 Å². The van der Waals surface area contributed by atoms with Crippen LogP contribution in [-0.4, -0.2) is 28.3 Å². The zero-order valence-electron chi connectivity index (χ0n) is 22.2. The standard InChI is InChI=1S/C33H25Br2N5O2/c34-24-13-11-21(12-14-24)18-36-39-29(41)20-40-19-27(26-17-25(35)15-16-28(26)40)32-33(42)38-31(23-9-5-2-6-10-23)30(37-32)22-7-3-1-4-8-22/h1-19,30-31H,20H2,(H,38,42)(H,39,41)/b36-18+/t30-,31-/m0/s1. The third-order valence-corrected chi connectivity index (χ3v) is 8.09. The lowest BCUT2D eigenvalue weighted by Gasteiger charge is -2.31. The molecule has 0 radical (unpaired) electrons. The maximum Gasteiger partial charge on any atom is 0.270 e. The number of hydrogen-bond donors (Lipinski definition) is 2. The van der Waals surface area contributed by atoms with Gasteiger partial charge >= 0.3 is 0 Å². The normalized spacial score (nSPS) is 16.8. The number of aliphatic imine (C=N–C) groups is 1. The maximum absolute atomic E-state index is 13.6. The van der Waals surface area contributed by atoms with E-state index in [1.807, 2.05) is 114 Å². The summed E-state index contributed by atoms with van der Waals surface area (Å²) in [5, 5.41) is 8.13. The van der Waals surface area contributed by atoms with Crippen molar-refractivity contribution in [2.24, 2.45) is 10.1 Å². The van der Waals surface area contributed by atoms with Gasteiger partial charge in [0.25, 0.3) is 11.8 Å². The molecule has 0 saturated heterocycles. The van der Waals surface area contributed by atoms with Crippen molar-refractivity contribution in [3.8, 4) is 0 Å². The molecule has 0 aliphatic carbocycles. The lowest BCUT2D eigenvalue weighted by Crippen LogP contribution is -2.42. The van der Waals surface area contributed by atoms with Gasteiger partial charge in [0.15, 0.2) is 0 Å². The molecule has 1 aromatic heterocycles. The number of carbonyl (C=O) groups is 2. The first kappa shape index (κ1) is 27.8. The van der Waals surface area contributed by atoms with E-state index in [4.69, 9.17) is 4.99 Å². The first-order chi connectivity index (χ1) is 20.5. The number of hydrazone groups is 1. The lowest BCUT2D eigenvalue weighted by molar-refractivity contribution is -0.121. The Balaban J connectivity index is 1.35. The van der Waals surface area contributed by atoms with Crippen LogP contribution in [0.1, 0.15) is 34.3 Å². The van der Waals surface area contributed by atoms with E-state index in [1.165, 1.54) is 0 Å². The van der Waals surface area contributed by atoms with Gasteiger partial charge < -0.3 is 9.88 Å². The summed E-state index contributed by atoms with van der Waals surface area (Å²) in [5.74, 6) is -0.560. The molecule has 7 nitrogen and oxygen atoms in total. The SMILES string of the molecule is O=C(Cn1cc(C2=N[C@@H](c3ccccc3)[C@H](c3ccccc3)NC2=O)c2cc(Br)ccc21)N/N=C/c1ccc(Br)cc1. The Bertz CT molecular complexity index is 1820. The van der Waals surface area contributed by atoms with Crippen molar-refractivity contribution < 1.29 is 9.59 Å². The molecule has 208 valence electrons. The number of nitrogens with one attached hydrogen (secondary N) is 2. The molecule has 1 aliphatic rings. The number of rotatable bonds is 7. The molecule has 42 heavy (non-hydrogen) atoms. The van der Waals surface area contributed by atoms with E-state index in [0.717, 1.165) is 36.5 Å². The Hall–Kier alpha value is -4.34. The summed E-state index contributed by atoms with van der Waals surface area (Å²) >= 11 is 6.97. The number of halogens is 2. The minimum absolute atomic E-state index is 0.0134. The average molecular weight is 683 g/mol. The minimum Gasteiger partial charge on any atom is -0.341 e. The Labute approximate surface area is 259 Å². The van der Waals surface area contributed by atoms with Crippen LogP contribution in [0.15, 0.2) is 128 Å². The number of carbonyl (C=O) groups excluding carboxylic acids is 2. The molecule has 0 spiro atoms. The second kappa shape index (κ2) is 12.3. The van der Waals surface area contributed by atoms with E-state index >= 15 is 0 Å². The van der Waals surface area contributed by atoms with Gasteiger partial charge in [0.05, 0.1) is 12.3 Å². The molecular formula is C33H25Br2N5O2. The molecule has 2 heterocycles. The van der Waals surface area contributed by atoms with Crippen LogP contribution in [-0.2, 0) is 16.1 Å². The van der Waals surface area contributed by atoms with Gasteiger partial charge in [-0.15, -0.1) is 0 Å². The summed E-state index contributed by atoms with van der Waals surface area (Å²) in [6.45, 7) is 0.0134. The smallest absolute Gasteiger partial charge is 0.270 e. The topological polar surface area (TPSA) is 87.8 Å². The number of aromatic nitrogens is 1. The molecule has 2 atom stereocenters. The minimum atomic E-state index is -0.330. The Morgan fingerprint density at radius 3 is 2.29 bits per heavy atom. The molecule has 0 bridgehead atoms. The van der Waals surface area contributed by atoms with Gasteiger partial charge in [0.1, 0.15) is 18.3 Å². The highest BCUT2D eigenvalue weighted by Gasteiger charge is 2.34. The molecule has 0 fully saturated rings. The Morgan fingerprint density at radius 2 is 1.57 bits per heavy atom. The number of hydrogen-bond acceptors (Lipinski definition) is 4.